The van der Waals surface area contributed by atoms with Gasteiger partial charge in [-0.05, 0) is 56.1 Å². The van der Waals surface area contributed by atoms with E-state index in [-0.39, 0.29) is 30.0 Å². The number of hydrogen-bond donors (Lipinski definition) is 2. The number of hydrogen-bond acceptors (Lipinski definition) is 3. The largest absolute Gasteiger partial charge is 0.468 e. The van der Waals surface area contributed by atoms with Crippen LogP contribution in [0.1, 0.15) is 30.2 Å². The van der Waals surface area contributed by atoms with Crippen LogP contribution in [0.2, 0.25) is 0 Å². The second-order valence-electron chi connectivity index (χ2n) is 6.64. The Kier molecular flexibility index (Phi) is 9.17. The second-order valence-corrected chi connectivity index (χ2v) is 6.64. The predicted octanol–water partition coefficient (Wildman–Crippen LogP) is 3.72. The molecule has 0 spiro atoms. The summed E-state index contributed by atoms with van der Waals surface area (Å²) in [6, 6.07) is 7.71. The molecule has 8 heteroatoms. The van der Waals surface area contributed by atoms with E-state index in [0.29, 0.717) is 31.0 Å². The summed E-state index contributed by atoms with van der Waals surface area (Å²) in [5, 5.41) is 6.51. The third-order valence-electron chi connectivity index (χ3n) is 4.84. The Morgan fingerprint density at radius 2 is 2.00 bits per heavy atom. The molecule has 0 radical (unpaired) electrons. The van der Waals surface area contributed by atoms with Gasteiger partial charge < -0.3 is 15.1 Å². The number of benzene rings is 1. The molecule has 5 nitrogen and oxygen atoms in total. The van der Waals surface area contributed by atoms with Gasteiger partial charge in [0.15, 0.2) is 5.96 Å². The van der Waals surface area contributed by atoms with E-state index in [4.69, 9.17) is 4.42 Å². The highest BCUT2D eigenvalue weighted by atomic mass is 127. The van der Waals surface area contributed by atoms with Crippen molar-refractivity contribution >= 4 is 29.9 Å². The van der Waals surface area contributed by atoms with Crippen molar-refractivity contribution < 1.29 is 13.2 Å². The van der Waals surface area contributed by atoms with Crippen molar-refractivity contribution in [3.05, 3.63) is 59.6 Å². The molecule has 0 amide bonds. The standard InChI is InChI=1S/C20H26F2N4O.HI/c1-23-20(24-9-8-15-6-7-16(21)13-17(15)22)25-14-18(19-5-4-12-27-19)26-10-2-3-11-26;/h4-7,12-13,18H,2-3,8-11,14H2,1H3,(H2,23,24,25);1H. The number of nitrogens with zero attached hydrogens (tertiary/aromatic N) is 2. The van der Waals surface area contributed by atoms with E-state index in [1.807, 2.05) is 12.1 Å². The lowest BCUT2D eigenvalue weighted by molar-refractivity contribution is 0.215. The van der Waals surface area contributed by atoms with Gasteiger partial charge in [0.1, 0.15) is 17.4 Å². The molecule has 28 heavy (non-hydrogen) atoms. The molecule has 2 N–H and O–H groups in total. The van der Waals surface area contributed by atoms with Crippen molar-refractivity contribution in [1.82, 2.24) is 15.5 Å². The number of likely N-dealkylation sites (tertiary alicyclic amines) is 1. The van der Waals surface area contributed by atoms with E-state index in [0.717, 1.165) is 24.9 Å². The van der Waals surface area contributed by atoms with Crippen molar-refractivity contribution in [1.29, 1.82) is 0 Å². The Labute approximate surface area is 181 Å². The van der Waals surface area contributed by atoms with Gasteiger partial charge >= 0.3 is 0 Å². The molecule has 1 aliphatic heterocycles. The SMILES string of the molecule is CN=C(NCCc1ccc(F)cc1F)NCC(c1ccco1)N1CCCC1.I. The van der Waals surface area contributed by atoms with E-state index < -0.39 is 11.6 Å². The molecule has 2 aromatic rings. The first kappa shape index (κ1) is 22.6. The fraction of sp³-hybridized carbons (Fsp3) is 0.450. The van der Waals surface area contributed by atoms with Crippen LogP contribution < -0.4 is 10.6 Å². The fourth-order valence-corrected chi connectivity index (χ4v) is 3.40. The van der Waals surface area contributed by atoms with Crippen LogP contribution in [0.25, 0.3) is 0 Å². The van der Waals surface area contributed by atoms with Gasteiger partial charge in [-0.1, -0.05) is 6.07 Å². The zero-order chi connectivity index (χ0) is 19.1. The molecular formula is C20H27F2IN4O. The minimum absolute atomic E-state index is 0. The fourth-order valence-electron chi connectivity index (χ4n) is 3.40. The molecule has 1 saturated heterocycles. The topological polar surface area (TPSA) is 52.8 Å². The van der Waals surface area contributed by atoms with E-state index in [1.54, 1.807) is 13.3 Å². The highest BCUT2D eigenvalue weighted by molar-refractivity contribution is 14.0. The van der Waals surface area contributed by atoms with E-state index in [2.05, 4.69) is 20.5 Å². The summed E-state index contributed by atoms with van der Waals surface area (Å²) in [6.07, 6.45) is 4.55. The number of rotatable bonds is 7. The Balaban J connectivity index is 0.00000280. The van der Waals surface area contributed by atoms with E-state index >= 15 is 0 Å². The molecule has 0 saturated carbocycles. The van der Waals surface area contributed by atoms with Gasteiger partial charge in [-0.25, -0.2) is 8.78 Å². The lowest BCUT2D eigenvalue weighted by Crippen LogP contribution is -2.43. The summed E-state index contributed by atoms with van der Waals surface area (Å²) in [5.41, 5.74) is 0.477. The monoisotopic (exact) mass is 504 g/mol. The summed E-state index contributed by atoms with van der Waals surface area (Å²) in [5.74, 6) is 0.501. The maximum atomic E-state index is 13.7. The minimum atomic E-state index is -0.562. The molecule has 1 unspecified atom stereocenters. The molecule has 1 atom stereocenters. The van der Waals surface area contributed by atoms with Gasteiger partial charge in [0.05, 0.1) is 12.3 Å². The Morgan fingerprint density at radius 1 is 1.21 bits per heavy atom. The van der Waals surface area contributed by atoms with Crippen LogP contribution in [0, 0.1) is 11.6 Å². The molecule has 0 bridgehead atoms. The van der Waals surface area contributed by atoms with Gasteiger partial charge in [0.2, 0.25) is 0 Å². The van der Waals surface area contributed by atoms with Crippen LogP contribution in [-0.2, 0) is 6.42 Å². The Bertz CT molecular complexity index is 749. The smallest absolute Gasteiger partial charge is 0.191 e. The molecule has 0 aliphatic carbocycles. The number of halogens is 3. The first-order valence-corrected chi connectivity index (χ1v) is 9.33. The van der Waals surface area contributed by atoms with E-state index in [9.17, 15) is 8.78 Å². The molecule has 1 aromatic heterocycles. The van der Waals surface area contributed by atoms with Gasteiger partial charge in [0.25, 0.3) is 0 Å². The normalized spacial score (nSPS) is 15.9. The molecule has 1 fully saturated rings. The molecule has 2 heterocycles. The minimum Gasteiger partial charge on any atom is -0.468 e. The molecule has 3 rings (SSSR count). The second kappa shape index (κ2) is 11.4. The molecule has 154 valence electrons. The van der Waals surface area contributed by atoms with Crippen LogP contribution in [0.15, 0.2) is 46.0 Å². The Hall–Kier alpha value is -1.68. The summed E-state index contributed by atoms with van der Waals surface area (Å²) in [7, 11) is 1.70. The van der Waals surface area contributed by atoms with Crippen molar-refractivity contribution in [3.63, 3.8) is 0 Å². The lowest BCUT2D eigenvalue weighted by atomic mass is 10.1. The van der Waals surface area contributed by atoms with Crippen molar-refractivity contribution in [3.8, 4) is 0 Å². The lowest BCUT2D eigenvalue weighted by Gasteiger charge is -2.26. The highest BCUT2D eigenvalue weighted by Crippen LogP contribution is 2.24. The number of guanidine groups is 1. The quantitative estimate of drug-likeness (QED) is 0.343. The third-order valence-corrected chi connectivity index (χ3v) is 4.84. The average molecular weight is 504 g/mol. The summed E-state index contributed by atoms with van der Waals surface area (Å²) >= 11 is 0. The zero-order valence-electron chi connectivity index (χ0n) is 16.0. The van der Waals surface area contributed by atoms with Crippen LogP contribution >= 0.6 is 24.0 Å². The van der Waals surface area contributed by atoms with Crippen LogP contribution in [-0.4, -0.2) is 44.1 Å². The highest BCUT2D eigenvalue weighted by Gasteiger charge is 2.25. The van der Waals surface area contributed by atoms with Gasteiger partial charge in [0, 0.05) is 26.2 Å². The van der Waals surface area contributed by atoms with Crippen LogP contribution in [0.3, 0.4) is 0 Å². The number of furan rings is 1. The van der Waals surface area contributed by atoms with Crippen molar-refractivity contribution in [2.45, 2.75) is 25.3 Å². The molecule has 1 aliphatic rings. The van der Waals surface area contributed by atoms with Crippen LogP contribution in [0.4, 0.5) is 8.78 Å². The zero-order valence-corrected chi connectivity index (χ0v) is 18.3. The third kappa shape index (κ3) is 6.16. The Morgan fingerprint density at radius 3 is 2.64 bits per heavy atom. The van der Waals surface area contributed by atoms with Gasteiger partial charge in [-0.3, -0.25) is 9.89 Å². The predicted molar refractivity (Wildman–Crippen MR) is 117 cm³/mol. The van der Waals surface area contributed by atoms with Crippen molar-refractivity contribution in [2.75, 3.05) is 33.2 Å². The average Bonchev–Trinajstić information content (AvgIpc) is 3.36. The number of nitrogens with one attached hydrogen (secondary N) is 2. The first-order chi connectivity index (χ1) is 13.2. The van der Waals surface area contributed by atoms with Crippen LogP contribution in [0.5, 0.6) is 0 Å². The molecular weight excluding hydrogens is 477 g/mol. The summed E-state index contributed by atoms with van der Waals surface area (Å²) in [6.45, 7) is 3.28. The van der Waals surface area contributed by atoms with E-state index in [1.165, 1.54) is 25.0 Å². The summed E-state index contributed by atoms with van der Waals surface area (Å²) in [4.78, 5) is 6.64. The maximum absolute atomic E-state index is 13.7. The molecule has 1 aromatic carbocycles. The first-order valence-electron chi connectivity index (χ1n) is 9.33. The number of aliphatic imine (C=N–C) groups is 1. The van der Waals surface area contributed by atoms with Crippen molar-refractivity contribution in [2.24, 2.45) is 4.99 Å². The summed E-state index contributed by atoms with van der Waals surface area (Å²) < 4.78 is 32.3. The van der Waals surface area contributed by atoms with Gasteiger partial charge in [-0.2, -0.15) is 0 Å². The maximum Gasteiger partial charge on any atom is 0.191 e. The van der Waals surface area contributed by atoms with Gasteiger partial charge in [-0.15, -0.1) is 24.0 Å².